The van der Waals surface area contributed by atoms with Crippen LogP contribution in [0.2, 0.25) is 0 Å². The molecule has 0 bridgehead atoms. The van der Waals surface area contributed by atoms with E-state index in [1.54, 1.807) is 0 Å². The molecule has 1 aliphatic heterocycles. The zero-order chi connectivity index (χ0) is 14.4. The van der Waals surface area contributed by atoms with Crippen LogP contribution in [0, 0.1) is 0 Å². The van der Waals surface area contributed by atoms with E-state index < -0.39 is 6.10 Å². The van der Waals surface area contributed by atoms with Crippen molar-refractivity contribution in [2.75, 3.05) is 18.1 Å². The molecule has 0 aromatic heterocycles. The first-order chi connectivity index (χ1) is 9.72. The van der Waals surface area contributed by atoms with Crippen molar-refractivity contribution in [1.29, 1.82) is 0 Å². The third kappa shape index (κ3) is 3.81. The minimum Gasteiger partial charge on any atom is -0.394 e. The van der Waals surface area contributed by atoms with Crippen LogP contribution in [0.15, 0.2) is 30.3 Å². The van der Waals surface area contributed by atoms with Gasteiger partial charge in [0.05, 0.1) is 18.8 Å². The average molecular weight is 277 g/mol. The van der Waals surface area contributed by atoms with Crippen LogP contribution in [0.3, 0.4) is 0 Å². The second-order valence-corrected chi connectivity index (χ2v) is 5.38. The van der Waals surface area contributed by atoms with Gasteiger partial charge in [-0.15, -0.1) is 0 Å². The largest absolute Gasteiger partial charge is 0.394 e. The number of aliphatic hydroxyl groups is 2. The van der Waals surface area contributed by atoms with Gasteiger partial charge in [-0.2, -0.15) is 0 Å². The Morgan fingerprint density at radius 3 is 2.75 bits per heavy atom. The second-order valence-electron chi connectivity index (χ2n) is 5.38. The first-order valence-electron chi connectivity index (χ1n) is 7.35. The molecule has 2 N–H and O–H groups in total. The summed E-state index contributed by atoms with van der Waals surface area (Å²) in [6.07, 6.45) is 2.95. The van der Waals surface area contributed by atoms with E-state index >= 15 is 0 Å². The Hall–Kier alpha value is -1.39. The summed E-state index contributed by atoms with van der Waals surface area (Å²) in [5.74, 6) is 0.168. The molecule has 1 aliphatic rings. The van der Waals surface area contributed by atoms with Crippen molar-refractivity contribution < 1.29 is 15.0 Å². The highest BCUT2D eigenvalue weighted by Gasteiger charge is 2.28. The number of rotatable bonds is 6. The maximum Gasteiger partial charge on any atom is 0.155 e. The number of Topliss-reactive ketones (excluding diaryl/α,β-unsaturated/α-hetero) is 1. The van der Waals surface area contributed by atoms with Crippen LogP contribution in [-0.4, -0.2) is 41.3 Å². The molecule has 0 saturated carbocycles. The topological polar surface area (TPSA) is 60.8 Å². The Morgan fingerprint density at radius 1 is 1.30 bits per heavy atom. The third-order valence-electron chi connectivity index (χ3n) is 3.90. The molecule has 4 nitrogen and oxygen atoms in total. The smallest absolute Gasteiger partial charge is 0.155 e. The molecular formula is C16H23NO3. The van der Waals surface area contributed by atoms with Gasteiger partial charge in [0.15, 0.2) is 5.78 Å². The van der Waals surface area contributed by atoms with E-state index in [4.69, 9.17) is 5.11 Å². The summed E-state index contributed by atoms with van der Waals surface area (Å²) in [4.78, 5) is 14.5. The third-order valence-corrected chi connectivity index (χ3v) is 3.90. The molecule has 1 aromatic rings. The SMILES string of the molecule is O=C(CCC(O)CO)C1CCCCN1c1ccccc1. The number of carbonyl (C=O) groups is 1. The van der Waals surface area contributed by atoms with Crippen LogP contribution in [0.1, 0.15) is 32.1 Å². The summed E-state index contributed by atoms with van der Waals surface area (Å²) in [6.45, 7) is 0.628. The molecule has 1 fully saturated rings. The number of hydrogen-bond acceptors (Lipinski definition) is 4. The lowest BCUT2D eigenvalue weighted by molar-refractivity contribution is -0.121. The van der Waals surface area contributed by atoms with Crippen molar-refractivity contribution in [3.63, 3.8) is 0 Å². The van der Waals surface area contributed by atoms with E-state index in [0.29, 0.717) is 12.8 Å². The van der Waals surface area contributed by atoms with Crippen molar-refractivity contribution in [3.05, 3.63) is 30.3 Å². The summed E-state index contributed by atoms with van der Waals surface area (Å²) < 4.78 is 0. The van der Waals surface area contributed by atoms with Crippen molar-refractivity contribution in [1.82, 2.24) is 0 Å². The first-order valence-corrected chi connectivity index (χ1v) is 7.35. The predicted octanol–water partition coefficient (Wildman–Crippen LogP) is 1.75. The summed E-state index contributed by atoms with van der Waals surface area (Å²) in [7, 11) is 0. The van der Waals surface area contributed by atoms with Gasteiger partial charge in [-0.3, -0.25) is 4.79 Å². The van der Waals surface area contributed by atoms with E-state index in [1.807, 2.05) is 30.3 Å². The number of carbonyl (C=O) groups excluding carboxylic acids is 1. The van der Waals surface area contributed by atoms with Gasteiger partial charge in [-0.1, -0.05) is 18.2 Å². The lowest BCUT2D eigenvalue weighted by atomic mass is 9.94. The van der Waals surface area contributed by atoms with E-state index in [0.717, 1.165) is 31.5 Å². The summed E-state index contributed by atoms with van der Waals surface area (Å²) in [5.41, 5.74) is 1.09. The molecule has 1 heterocycles. The Balaban J connectivity index is 2.01. The molecule has 2 rings (SSSR count). The standard InChI is InChI=1S/C16H23NO3/c18-12-14(19)9-10-16(20)15-8-4-5-11-17(15)13-6-2-1-3-7-13/h1-3,6-7,14-15,18-19H,4-5,8-12H2. The van der Waals surface area contributed by atoms with E-state index in [9.17, 15) is 9.90 Å². The number of benzene rings is 1. The highest BCUT2D eigenvalue weighted by atomic mass is 16.3. The van der Waals surface area contributed by atoms with E-state index in [-0.39, 0.29) is 18.4 Å². The van der Waals surface area contributed by atoms with Gasteiger partial charge in [0.2, 0.25) is 0 Å². The summed E-state index contributed by atoms with van der Waals surface area (Å²) >= 11 is 0. The van der Waals surface area contributed by atoms with Gasteiger partial charge in [-0.25, -0.2) is 0 Å². The van der Waals surface area contributed by atoms with Crippen LogP contribution < -0.4 is 4.90 Å². The molecule has 20 heavy (non-hydrogen) atoms. The molecule has 110 valence electrons. The summed E-state index contributed by atoms with van der Waals surface area (Å²) in [5, 5.41) is 18.2. The number of aliphatic hydroxyl groups excluding tert-OH is 2. The fourth-order valence-corrected chi connectivity index (χ4v) is 2.76. The Labute approximate surface area is 120 Å². The Kier molecular flexibility index (Phi) is 5.56. The zero-order valence-corrected chi connectivity index (χ0v) is 11.7. The molecule has 0 aliphatic carbocycles. The minimum atomic E-state index is -0.785. The van der Waals surface area contributed by atoms with E-state index in [2.05, 4.69) is 4.90 Å². The average Bonchev–Trinajstić information content (AvgIpc) is 2.53. The van der Waals surface area contributed by atoms with Crippen LogP contribution in [0.5, 0.6) is 0 Å². The molecule has 4 heteroatoms. The lowest BCUT2D eigenvalue weighted by Crippen LogP contribution is -2.45. The van der Waals surface area contributed by atoms with Crippen molar-refractivity contribution >= 4 is 11.5 Å². The van der Waals surface area contributed by atoms with Crippen LogP contribution >= 0.6 is 0 Å². The lowest BCUT2D eigenvalue weighted by Gasteiger charge is -2.36. The number of anilines is 1. The second kappa shape index (κ2) is 7.41. The van der Waals surface area contributed by atoms with Gasteiger partial charge in [0.25, 0.3) is 0 Å². The quantitative estimate of drug-likeness (QED) is 0.831. The fraction of sp³-hybridized carbons (Fsp3) is 0.562. The van der Waals surface area contributed by atoms with Gasteiger partial charge in [0.1, 0.15) is 0 Å². The molecule has 2 unspecified atom stereocenters. The van der Waals surface area contributed by atoms with Crippen molar-refractivity contribution in [2.24, 2.45) is 0 Å². The number of para-hydroxylation sites is 1. The number of hydrogen-bond donors (Lipinski definition) is 2. The molecule has 0 amide bonds. The Morgan fingerprint density at radius 2 is 2.05 bits per heavy atom. The van der Waals surface area contributed by atoms with Gasteiger partial charge in [-0.05, 0) is 37.8 Å². The molecular weight excluding hydrogens is 254 g/mol. The van der Waals surface area contributed by atoms with Gasteiger partial charge < -0.3 is 15.1 Å². The first kappa shape index (κ1) is 15.0. The van der Waals surface area contributed by atoms with Crippen molar-refractivity contribution in [3.8, 4) is 0 Å². The fourth-order valence-electron chi connectivity index (χ4n) is 2.76. The Bertz CT molecular complexity index is 421. The van der Waals surface area contributed by atoms with Gasteiger partial charge >= 0.3 is 0 Å². The minimum absolute atomic E-state index is 0.0861. The van der Waals surface area contributed by atoms with Crippen molar-refractivity contribution in [2.45, 2.75) is 44.2 Å². The summed E-state index contributed by atoms with van der Waals surface area (Å²) in [6, 6.07) is 9.93. The van der Waals surface area contributed by atoms with Gasteiger partial charge in [0, 0.05) is 18.7 Å². The highest BCUT2D eigenvalue weighted by molar-refractivity contribution is 5.87. The van der Waals surface area contributed by atoms with Crippen LogP contribution in [0.25, 0.3) is 0 Å². The number of nitrogens with zero attached hydrogens (tertiary/aromatic N) is 1. The molecule has 0 radical (unpaired) electrons. The normalized spacial score (nSPS) is 20.7. The number of ketones is 1. The number of piperidine rings is 1. The molecule has 2 atom stereocenters. The zero-order valence-electron chi connectivity index (χ0n) is 11.7. The van der Waals surface area contributed by atoms with Crippen LogP contribution in [-0.2, 0) is 4.79 Å². The molecule has 1 aromatic carbocycles. The van der Waals surface area contributed by atoms with E-state index in [1.165, 1.54) is 0 Å². The molecule has 1 saturated heterocycles. The highest BCUT2D eigenvalue weighted by Crippen LogP contribution is 2.26. The van der Waals surface area contributed by atoms with Crippen LogP contribution in [0.4, 0.5) is 5.69 Å². The molecule has 0 spiro atoms. The maximum absolute atomic E-state index is 12.4. The maximum atomic E-state index is 12.4. The predicted molar refractivity (Wildman–Crippen MR) is 78.8 cm³/mol. The monoisotopic (exact) mass is 277 g/mol.